The molecular weight excluding hydrogens is 364 g/mol. The van der Waals surface area contributed by atoms with Gasteiger partial charge in [0.1, 0.15) is 12.4 Å². The average molecular weight is 386 g/mol. The van der Waals surface area contributed by atoms with Crippen LogP contribution in [0.15, 0.2) is 58.3 Å². The van der Waals surface area contributed by atoms with E-state index in [9.17, 15) is 13.2 Å². The molecular formula is C20H22N2O4S. The predicted octanol–water partition coefficient (Wildman–Crippen LogP) is 2.24. The molecule has 1 fully saturated rings. The van der Waals surface area contributed by atoms with E-state index in [2.05, 4.69) is 5.32 Å². The van der Waals surface area contributed by atoms with E-state index in [4.69, 9.17) is 4.74 Å². The second-order valence-electron chi connectivity index (χ2n) is 6.81. The van der Waals surface area contributed by atoms with Crippen LogP contribution in [-0.2, 0) is 14.6 Å². The number of piperidine rings is 1. The summed E-state index contributed by atoms with van der Waals surface area (Å²) in [6.07, 6.45) is 1.65. The fourth-order valence-electron chi connectivity index (χ4n) is 3.62. The minimum Gasteiger partial charge on any atom is -0.489 e. The molecule has 2 heterocycles. The zero-order valence-corrected chi connectivity index (χ0v) is 15.7. The number of sulfone groups is 1. The van der Waals surface area contributed by atoms with Crippen molar-refractivity contribution in [2.24, 2.45) is 5.92 Å². The van der Waals surface area contributed by atoms with Crippen molar-refractivity contribution in [2.45, 2.75) is 22.6 Å². The van der Waals surface area contributed by atoms with Gasteiger partial charge < -0.3 is 15.0 Å². The Balaban J connectivity index is 1.65. The minimum absolute atomic E-state index is 0.00456. The summed E-state index contributed by atoms with van der Waals surface area (Å²) in [5.74, 6) is 0.546. The van der Waals surface area contributed by atoms with Crippen LogP contribution in [0, 0.1) is 5.92 Å². The number of ether oxygens (including phenoxy) is 1. The average Bonchev–Trinajstić information content (AvgIpc) is 2.73. The Labute approximate surface area is 159 Å². The van der Waals surface area contributed by atoms with Crippen molar-refractivity contribution in [2.75, 3.05) is 31.1 Å². The molecule has 2 aromatic rings. The fraction of sp³-hybridized carbons (Fsp3) is 0.350. The van der Waals surface area contributed by atoms with Gasteiger partial charge in [0.25, 0.3) is 0 Å². The summed E-state index contributed by atoms with van der Waals surface area (Å²) in [7, 11) is -3.62. The first-order valence-corrected chi connectivity index (χ1v) is 10.6. The SMILES string of the molecule is O=C(C1CCNCC1)N1CCOc2cc(S(=O)(=O)c3ccccc3)ccc21. The number of fused-ring (bicyclic) bond motifs is 1. The zero-order valence-electron chi connectivity index (χ0n) is 14.9. The van der Waals surface area contributed by atoms with Crippen LogP contribution >= 0.6 is 0 Å². The van der Waals surface area contributed by atoms with Crippen LogP contribution in [0.5, 0.6) is 5.75 Å². The topological polar surface area (TPSA) is 75.7 Å². The molecule has 0 aromatic heterocycles. The number of rotatable bonds is 3. The molecule has 4 rings (SSSR count). The van der Waals surface area contributed by atoms with Gasteiger partial charge in [-0.05, 0) is 50.2 Å². The van der Waals surface area contributed by atoms with Crippen molar-refractivity contribution in [1.82, 2.24) is 5.32 Å². The van der Waals surface area contributed by atoms with Gasteiger partial charge in [-0.25, -0.2) is 8.42 Å². The normalized spacial score (nSPS) is 17.9. The highest BCUT2D eigenvalue weighted by Gasteiger charge is 2.31. The van der Waals surface area contributed by atoms with Crippen molar-refractivity contribution < 1.29 is 17.9 Å². The Morgan fingerprint density at radius 1 is 1.04 bits per heavy atom. The lowest BCUT2D eigenvalue weighted by Crippen LogP contribution is -2.44. The van der Waals surface area contributed by atoms with E-state index in [1.807, 2.05) is 0 Å². The van der Waals surface area contributed by atoms with Gasteiger partial charge in [-0.2, -0.15) is 0 Å². The maximum atomic E-state index is 12.9. The second kappa shape index (κ2) is 7.32. The highest BCUT2D eigenvalue weighted by molar-refractivity contribution is 7.91. The molecule has 1 amide bonds. The lowest BCUT2D eigenvalue weighted by Gasteiger charge is -2.33. The van der Waals surface area contributed by atoms with E-state index >= 15 is 0 Å². The first-order chi connectivity index (χ1) is 13.1. The molecule has 0 unspecified atom stereocenters. The molecule has 0 atom stereocenters. The quantitative estimate of drug-likeness (QED) is 0.876. The van der Waals surface area contributed by atoms with Crippen LogP contribution < -0.4 is 15.0 Å². The molecule has 142 valence electrons. The van der Waals surface area contributed by atoms with Crippen LogP contribution in [0.4, 0.5) is 5.69 Å². The zero-order chi connectivity index (χ0) is 18.9. The fourth-order valence-corrected chi connectivity index (χ4v) is 4.92. The number of nitrogens with zero attached hydrogens (tertiary/aromatic N) is 1. The van der Waals surface area contributed by atoms with Crippen LogP contribution in [-0.4, -0.2) is 40.6 Å². The van der Waals surface area contributed by atoms with Gasteiger partial charge >= 0.3 is 0 Å². The van der Waals surface area contributed by atoms with Crippen LogP contribution in [0.3, 0.4) is 0 Å². The second-order valence-corrected chi connectivity index (χ2v) is 8.76. The van der Waals surface area contributed by atoms with Crippen molar-refractivity contribution in [3.63, 3.8) is 0 Å². The number of carbonyl (C=O) groups excluding carboxylic acids is 1. The molecule has 0 radical (unpaired) electrons. The smallest absolute Gasteiger partial charge is 0.230 e. The van der Waals surface area contributed by atoms with Gasteiger partial charge in [-0.15, -0.1) is 0 Å². The van der Waals surface area contributed by atoms with Crippen molar-refractivity contribution in [3.8, 4) is 5.75 Å². The Morgan fingerprint density at radius 3 is 2.52 bits per heavy atom. The minimum atomic E-state index is -3.62. The predicted molar refractivity (Wildman–Crippen MR) is 102 cm³/mol. The number of nitrogens with one attached hydrogen (secondary N) is 1. The molecule has 0 spiro atoms. The van der Waals surface area contributed by atoms with Gasteiger partial charge in [0, 0.05) is 12.0 Å². The van der Waals surface area contributed by atoms with Gasteiger partial charge in [0.15, 0.2) is 0 Å². The summed E-state index contributed by atoms with van der Waals surface area (Å²) in [4.78, 5) is 15.1. The van der Waals surface area contributed by atoms with E-state index < -0.39 is 9.84 Å². The molecule has 1 N–H and O–H groups in total. The summed E-state index contributed by atoms with van der Waals surface area (Å²) in [5, 5.41) is 3.27. The van der Waals surface area contributed by atoms with Gasteiger partial charge in [-0.1, -0.05) is 18.2 Å². The molecule has 6 nitrogen and oxygen atoms in total. The molecule has 2 aliphatic rings. The lowest BCUT2D eigenvalue weighted by atomic mass is 9.96. The first kappa shape index (κ1) is 18.0. The number of carbonyl (C=O) groups is 1. The van der Waals surface area contributed by atoms with Gasteiger partial charge in [0.2, 0.25) is 15.7 Å². The molecule has 0 saturated carbocycles. The Morgan fingerprint density at radius 2 is 1.78 bits per heavy atom. The first-order valence-electron chi connectivity index (χ1n) is 9.16. The Kier molecular flexibility index (Phi) is 4.88. The molecule has 27 heavy (non-hydrogen) atoms. The van der Waals surface area contributed by atoms with Crippen LogP contribution in [0.25, 0.3) is 0 Å². The molecule has 2 aromatic carbocycles. The number of anilines is 1. The third-order valence-corrected chi connectivity index (χ3v) is 6.88. The highest BCUT2D eigenvalue weighted by atomic mass is 32.2. The Bertz CT molecular complexity index is 938. The maximum absolute atomic E-state index is 12.9. The Hall–Kier alpha value is -2.38. The third kappa shape index (κ3) is 3.44. The van der Waals surface area contributed by atoms with E-state index in [1.54, 1.807) is 47.4 Å². The van der Waals surface area contributed by atoms with Crippen molar-refractivity contribution in [1.29, 1.82) is 0 Å². The standard InChI is InChI=1S/C20H22N2O4S/c23-20(15-8-10-21-11-9-15)22-12-13-26-19-14-17(6-7-18(19)22)27(24,25)16-4-2-1-3-5-16/h1-7,14-15,21H,8-13H2. The number of hydrogen-bond acceptors (Lipinski definition) is 5. The summed E-state index contributed by atoms with van der Waals surface area (Å²) >= 11 is 0. The largest absolute Gasteiger partial charge is 0.489 e. The highest BCUT2D eigenvalue weighted by Crippen LogP contribution is 2.36. The summed E-state index contributed by atoms with van der Waals surface area (Å²) in [6.45, 7) is 2.54. The molecule has 2 aliphatic heterocycles. The van der Waals surface area contributed by atoms with Crippen molar-refractivity contribution >= 4 is 21.4 Å². The third-order valence-electron chi connectivity index (χ3n) is 5.11. The van der Waals surface area contributed by atoms with E-state index in [0.29, 0.717) is 24.6 Å². The van der Waals surface area contributed by atoms with Gasteiger partial charge in [-0.3, -0.25) is 4.79 Å². The van der Waals surface area contributed by atoms with E-state index in [1.165, 1.54) is 6.07 Å². The monoisotopic (exact) mass is 386 g/mol. The van der Waals surface area contributed by atoms with E-state index in [0.717, 1.165) is 25.9 Å². The summed E-state index contributed by atoms with van der Waals surface area (Å²) in [6, 6.07) is 13.1. The lowest BCUT2D eigenvalue weighted by molar-refractivity contribution is -0.123. The number of hydrogen-bond donors (Lipinski definition) is 1. The van der Waals surface area contributed by atoms with Crippen LogP contribution in [0.1, 0.15) is 12.8 Å². The summed E-state index contributed by atoms with van der Waals surface area (Å²) in [5.41, 5.74) is 0.650. The van der Waals surface area contributed by atoms with Crippen LogP contribution in [0.2, 0.25) is 0 Å². The summed E-state index contributed by atoms with van der Waals surface area (Å²) < 4.78 is 31.4. The molecule has 1 saturated heterocycles. The number of amides is 1. The van der Waals surface area contributed by atoms with E-state index in [-0.39, 0.29) is 21.6 Å². The number of benzene rings is 2. The van der Waals surface area contributed by atoms with Gasteiger partial charge in [0.05, 0.1) is 22.0 Å². The molecule has 0 aliphatic carbocycles. The molecule has 0 bridgehead atoms. The molecule has 7 heteroatoms. The van der Waals surface area contributed by atoms with Crippen molar-refractivity contribution in [3.05, 3.63) is 48.5 Å². The maximum Gasteiger partial charge on any atom is 0.230 e.